The fourth-order valence-corrected chi connectivity index (χ4v) is 4.23. The maximum absolute atomic E-state index is 10.6. The van der Waals surface area contributed by atoms with E-state index in [1.54, 1.807) is 0 Å². The Balaban J connectivity index is 1.88. The second-order valence-electron chi connectivity index (χ2n) is 6.34. The van der Waals surface area contributed by atoms with Gasteiger partial charge in [0.05, 0.1) is 6.04 Å². The summed E-state index contributed by atoms with van der Waals surface area (Å²) in [5.74, 6) is 0.423. The number of nitrogens with zero attached hydrogens (tertiary/aromatic N) is 1. The molecule has 0 fully saturated rings. The summed E-state index contributed by atoms with van der Waals surface area (Å²) in [5.41, 5.74) is 5.19. The molecule has 2 aliphatic heterocycles. The molecule has 1 N–H and O–H groups in total. The van der Waals surface area contributed by atoms with E-state index in [4.69, 9.17) is 0 Å². The van der Waals surface area contributed by atoms with Crippen molar-refractivity contribution >= 4 is 10.8 Å². The van der Waals surface area contributed by atoms with Gasteiger partial charge >= 0.3 is 0 Å². The highest BCUT2D eigenvalue weighted by atomic mass is 16.3. The molecule has 0 saturated heterocycles. The molecular formula is C20H17NO. The predicted octanol–water partition coefficient (Wildman–Crippen LogP) is 4.01. The summed E-state index contributed by atoms with van der Waals surface area (Å²) in [6.45, 7) is 2.01. The summed E-state index contributed by atoms with van der Waals surface area (Å²) < 4.78 is 0. The number of hydrogen-bond donors (Lipinski definition) is 1. The summed E-state index contributed by atoms with van der Waals surface area (Å²) >= 11 is 0. The smallest absolute Gasteiger partial charge is 0.121 e. The summed E-state index contributed by atoms with van der Waals surface area (Å²) in [4.78, 5) is 2.50. The van der Waals surface area contributed by atoms with Crippen LogP contribution < -0.4 is 0 Å². The van der Waals surface area contributed by atoms with Crippen LogP contribution in [-0.4, -0.2) is 16.6 Å². The molecule has 0 saturated carbocycles. The minimum atomic E-state index is 0.184. The lowest BCUT2D eigenvalue weighted by Gasteiger charge is -2.41. The second-order valence-corrected chi connectivity index (χ2v) is 6.34. The number of fused-ring (bicyclic) bond motifs is 4. The van der Waals surface area contributed by atoms with Crippen LogP contribution in [0.3, 0.4) is 0 Å². The normalized spacial score (nSPS) is 19.7. The van der Waals surface area contributed by atoms with Gasteiger partial charge in [-0.05, 0) is 39.9 Å². The maximum atomic E-state index is 10.6. The van der Waals surface area contributed by atoms with E-state index in [1.807, 2.05) is 12.1 Å². The zero-order valence-corrected chi connectivity index (χ0v) is 12.3. The van der Waals surface area contributed by atoms with E-state index in [2.05, 4.69) is 47.4 Å². The molecule has 0 bridgehead atoms. The molecule has 2 nitrogen and oxygen atoms in total. The van der Waals surface area contributed by atoms with E-state index < -0.39 is 0 Å². The molecule has 2 heteroatoms. The van der Waals surface area contributed by atoms with Crippen molar-refractivity contribution in [3.63, 3.8) is 0 Å². The molecule has 0 aromatic heterocycles. The minimum Gasteiger partial charge on any atom is -0.508 e. The largest absolute Gasteiger partial charge is 0.508 e. The Morgan fingerprint density at radius 3 is 2.73 bits per heavy atom. The van der Waals surface area contributed by atoms with Crippen LogP contribution >= 0.6 is 0 Å². The van der Waals surface area contributed by atoms with Gasteiger partial charge in [-0.2, -0.15) is 0 Å². The van der Waals surface area contributed by atoms with E-state index in [-0.39, 0.29) is 6.04 Å². The molecule has 2 heterocycles. The van der Waals surface area contributed by atoms with Crippen LogP contribution in [0.1, 0.15) is 28.3 Å². The molecule has 3 aromatic carbocycles. The quantitative estimate of drug-likeness (QED) is 0.675. The van der Waals surface area contributed by atoms with Crippen LogP contribution in [0.5, 0.6) is 5.75 Å². The van der Waals surface area contributed by atoms with Gasteiger partial charge in [0.25, 0.3) is 0 Å². The van der Waals surface area contributed by atoms with Crippen molar-refractivity contribution in [2.75, 3.05) is 6.54 Å². The zero-order chi connectivity index (χ0) is 14.7. The first-order valence-electron chi connectivity index (χ1n) is 7.88. The summed E-state index contributed by atoms with van der Waals surface area (Å²) in [6.07, 6.45) is 1.09. The van der Waals surface area contributed by atoms with Crippen molar-refractivity contribution in [1.82, 2.24) is 4.90 Å². The number of hydrogen-bond acceptors (Lipinski definition) is 2. The van der Waals surface area contributed by atoms with Crippen LogP contribution in [0.15, 0.2) is 54.6 Å². The van der Waals surface area contributed by atoms with Crippen LogP contribution in [0.25, 0.3) is 10.8 Å². The number of phenolic OH excluding ortho intramolecular Hbond substituents is 1. The molecule has 22 heavy (non-hydrogen) atoms. The van der Waals surface area contributed by atoms with Crippen molar-refractivity contribution in [2.45, 2.75) is 19.0 Å². The van der Waals surface area contributed by atoms with E-state index in [9.17, 15) is 5.11 Å². The van der Waals surface area contributed by atoms with E-state index in [0.717, 1.165) is 25.1 Å². The average molecular weight is 287 g/mol. The Morgan fingerprint density at radius 1 is 0.909 bits per heavy atom. The highest BCUT2D eigenvalue weighted by molar-refractivity contribution is 5.92. The predicted molar refractivity (Wildman–Crippen MR) is 88.0 cm³/mol. The Bertz CT molecular complexity index is 899. The molecule has 108 valence electrons. The number of benzene rings is 3. The van der Waals surface area contributed by atoms with Crippen LogP contribution in [0.2, 0.25) is 0 Å². The first kappa shape index (κ1) is 12.2. The molecular weight excluding hydrogens is 270 g/mol. The van der Waals surface area contributed by atoms with E-state index in [1.165, 1.54) is 27.5 Å². The van der Waals surface area contributed by atoms with Gasteiger partial charge in [0.15, 0.2) is 0 Å². The highest BCUT2D eigenvalue weighted by Crippen LogP contribution is 2.47. The molecule has 2 aliphatic rings. The molecule has 5 rings (SSSR count). The number of phenols is 1. The fourth-order valence-electron chi connectivity index (χ4n) is 4.23. The van der Waals surface area contributed by atoms with E-state index in [0.29, 0.717) is 5.75 Å². The lowest BCUT2D eigenvalue weighted by atomic mass is 9.81. The molecule has 0 aliphatic carbocycles. The highest BCUT2D eigenvalue weighted by Gasteiger charge is 2.35. The Kier molecular flexibility index (Phi) is 2.42. The third-order valence-corrected chi connectivity index (χ3v) is 5.18. The van der Waals surface area contributed by atoms with Crippen LogP contribution in [-0.2, 0) is 13.0 Å². The summed E-state index contributed by atoms with van der Waals surface area (Å²) in [6, 6.07) is 19.2. The Hall–Kier alpha value is -2.32. The monoisotopic (exact) mass is 287 g/mol. The fraction of sp³-hybridized carbons (Fsp3) is 0.200. The SMILES string of the molecule is Oc1ccc2cccc3c2c1C1c2ccccc2CCN1C3. The standard InChI is InChI=1S/C20H17NO/c22-17-9-8-14-5-3-6-15-12-21-11-10-13-4-1-2-7-16(13)20(21)19(17)18(14)15/h1-9,20,22H,10-12H2. The van der Waals surface area contributed by atoms with Gasteiger partial charge in [-0.1, -0.05) is 48.5 Å². The third kappa shape index (κ3) is 1.53. The van der Waals surface area contributed by atoms with Crippen molar-refractivity contribution in [3.05, 3.63) is 76.9 Å². The average Bonchev–Trinajstić information content (AvgIpc) is 2.57. The number of aromatic hydroxyl groups is 1. The lowest BCUT2D eigenvalue weighted by molar-refractivity contribution is 0.197. The summed E-state index contributed by atoms with van der Waals surface area (Å²) in [5, 5.41) is 13.1. The Labute approximate surface area is 129 Å². The maximum Gasteiger partial charge on any atom is 0.121 e. The molecule has 1 atom stereocenters. The second kappa shape index (κ2) is 4.34. The number of rotatable bonds is 0. The van der Waals surface area contributed by atoms with Crippen LogP contribution in [0.4, 0.5) is 0 Å². The van der Waals surface area contributed by atoms with Crippen molar-refractivity contribution < 1.29 is 5.11 Å². The summed E-state index contributed by atoms with van der Waals surface area (Å²) in [7, 11) is 0. The van der Waals surface area contributed by atoms with Gasteiger partial charge in [-0.3, -0.25) is 4.90 Å². The first-order chi connectivity index (χ1) is 10.8. The van der Waals surface area contributed by atoms with Crippen LogP contribution in [0, 0.1) is 0 Å². The van der Waals surface area contributed by atoms with E-state index >= 15 is 0 Å². The van der Waals surface area contributed by atoms with Gasteiger partial charge in [0.1, 0.15) is 5.75 Å². The first-order valence-corrected chi connectivity index (χ1v) is 7.88. The minimum absolute atomic E-state index is 0.184. The van der Waals surface area contributed by atoms with Gasteiger partial charge in [0, 0.05) is 18.7 Å². The molecule has 0 radical (unpaired) electrons. The molecule has 0 spiro atoms. The molecule has 3 aromatic rings. The topological polar surface area (TPSA) is 23.5 Å². The van der Waals surface area contributed by atoms with Gasteiger partial charge in [-0.25, -0.2) is 0 Å². The molecule has 1 unspecified atom stereocenters. The van der Waals surface area contributed by atoms with Gasteiger partial charge in [-0.15, -0.1) is 0 Å². The van der Waals surface area contributed by atoms with Crippen molar-refractivity contribution in [3.8, 4) is 5.75 Å². The molecule has 0 amide bonds. The lowest BCUT2D eigenvalue weighted by Crippen LogP contribution is -2.38. The van der Waals surface area contributed by atoms with Gasteiger partial charge in [0.2, 0.25) is 0 Å². The third-order valence-electron chi connectivity index (χ3n) is 5.18. The van der Waals surface area contributed by atoms with Crippen molar-refractivity contribution in [2.24, 2.45) is 0 Å². The zero-order valence-electron chi connectivity index (χ0n) is 12.3. The van der Waals surface area contributed by atoms with Crippen molar-refractivity contribution in [1.29, 1.82) is 0 Å². The van der Waals surface area contributed by atoms with Gasteiger partial charge < -0.3 is 5.11 Å². The Morgan fingerprint density at radius 2 is 1.77 bits per heavy atom.